The quantitative estimate of drug-likeness (QED) is 0.608. The molecule has 5 nitrogen and oxygen atoms in total. The number of nitrogens with zero attached hydrogens (tertiary/aromatic N) is 2. The fourth-order valence-electron chi connectivity index (χ4n) is 1.88. The summed E-state index contributed by atoms with van der Waals surface area (Å²) >= 11 is 0. The molecule has 0 radical (unpaired) electrons. The molecule has 0 saturated heterocycles. The van der Waals surface area contributed by atoms with Crippen LogP contribution in [0, 0.1) is 0 Å². The van der Waals surface area contributed by atoms with Crippen molar-refractivity contribution in [3.8, 4) is 0 Å². The lowest BCUT2D eigenvalue weighted by atomic mass is 10.1. The van der Waals surface area contributed by atoms with Gasteiger partial charge in [-0.05, 0) is 12.1 Å². The van der Waals surface area contributed by atoms with Gasteiger partial charge in [0.15, 0.2) is 5.84 Å². The van der Waals surface area contributed by atoms with Crippen LogP contribution in [0.4, 0.5) is 0 Å². The van der Waals surface area contributed by atoms with Crippen LogP contribution in [-0.4, -0.2) is 29.2 Å². The predicted molar refractivity (Wildman–Crippen MR) is 54.9 cm³/mol. The number of carbonyl (C=O) groups is 2. The number of fused-ring (bicyclic) bond motifs is 1. The molecule has 2 aliphatic rings. The molecule has 0 fully saturated rings. The van der Waals surface area contributed by atoms with E-state index in [1.165, 1.54) is 0 Å². The van der Waals surface area contributed by atoms with Crippen molar-refractivity contribution in [1.29, 1.82) is 0 Å². The van der Waals surface area contributed by atoms with Crippen molar-refractivity contribution in [2.45, 2.75) is 6.42 Å². The van der Waals surface area contributed by atoms with Crippen LogP contribution in [0.5, 0.6) is 0 Å². The van der Waals surface area contributed by atoms with Gasteiger partial charge in [-0.1, -0.05) is 17.3 Å². The van der Waals surface area contributed by atoms with Crippen LogP contribution >= 0.6 is 0 Å². The molecule has 0 saturated carbocycles. The van der Waals surface area contributed by atoms with Crippen molar-refractivity contribution < 1.29 is 14.4 Å². The average Bonchev–Trinajstić information content (AvgIpc) is 2.89. The third-order valence-electron chi connectivity index (χ3n) is 2.64. The largest absolute Gasteiger partial charge is 0.394 e. The molecule has 5 heteroatoms. The molecule has 0 atom stereocenters. The minimum atomic E-state index is -0.315. The Balaban J connectivity index is 2.07. The number of carbonyl (C=O) groups excluding carboxylic acids is 2. The van der Waals surface area contributed by atoms with Crippen LogP contribution in [0.2, 0.25) is 0 Å². The highest BCUT2D eigenvalue weighted by Gasteiger charge is 2.39. The summed E-state index contributed by atoms with van der Waals surface area (Å²) in [5, 5.41) is 3.70. The predicted octanol–water partition coefficient (Wildman–Crippen LogP) is 1.02. The molecule has 2 amide bonds. The standard InChI is InChI=1S/C11H8N2O3/c14-10-7-3-1-2-4-8(7)11(15)13(10)9-5-6-16-12-9/h1-4H,5-6H2. The van der Waals surface area contributed by atoms with E-state index in [0.29, 0.717) is 30.0 Å². The number of hydrogen-bond acceptors (Lipinski definition) is 4. The van der Waals surface area contributed by atoms with E-state index in [-0.39, 0.29) is 11.8 Å². The lowest BCUT2D eigenvalue weighted by molar-refractivity contribution is 0.0745. The minimum Gasteiger partial charge on any atom is -0.394 e. The fourth-order valence-corrected chi connectivity index (χ4v) is 1.88. The summed E-state index contributed by atoms with van der Waals surface area (Å²) in [6.45, 7) is 0.419. The topological polar surface area (TPSA) is 59.0 Å². The Hall–Kier alpha value is -2.17. The van der Waals surface area contributed by atoms with Crippen LogP contribution in [0.25, 0.3) is 0 Å². The molecule has 0 bridgehead atoms. The molecule has 0 aliphatic carbocycles. The van der Waals surface area contributed by atoms with Gasteiger partial charge in [0.05, 0.1) is 11.1 Å². The molecule has 80 valence electrons. The highest BCUT2D eigenvalue weighted by Crippen LogP contribution is 2.24. The van der Waals surface area contributed by atoms with Gasteiger partial charge in [-0.2, -0.15) is 0 Å². The zero-order valence-electron chi connectivity index (χ0n) is 8.34. The summed E-state index contributed by atoms with van der Waals surface area (Å²) in [6, 6.07) is 6.76. The van der Waals surface area contributed by atoms with Crippen LogP contribution in [0.1, 0.15) is 27.1 Å². The van der Waals surface area contributed by atoms with Crippen molar-refractivity contribution >= 4 is 17.6 Å². The Morgan fingerprint density at radius 2 is 1.75 bits per heavy atom. The summed E-state index contributed by atoms with van der Waals surface area (Å²) in [5.74, 6) is -0.235. The number of amides is 2. The summed E-state index contributed by atoms with van der Waals surface area (Å²) in [6.07, 6.45) is 0.492. The molecule has 1 aromatic rings. The van der Waals surface area contributed by atoms with Gasteiger partial charge >= 0.3 is 0 Å². The van der Waals surface area contributed by atoms with Gasteiger partial charge in [-0.15, -0.1) is 0 Å². The summed E-state index contributed by atoms with van der Waals surface area (Å²) in [4.78, 5) is 29.8. The van der Waals surface area contributed by atoms with E-state index in [2.05, 4.69) is 5.16 Å². The molecule has 0 N–H and O–H groups in total. The molecule has 1 aromatic carbocycles. The monoisotopic (exact) mass is 216 g/mol. The first kappa shape index (κ1) is 9.08. The lowest BCUT2D eigenvalue weighted by Gasteiger charge is -2.10. The van der Waals surface area contributed by atoms with Gasteiger partial charge in [0, 0.05) is 6.42 Å². The SMILES string of the molecule is O=C1c2ccccc2C(=O)N1C1=NOCC1. The van der Waals surface area contributed by atoms with E-state index in [9.17, 15) is 9.59 Å². The Kier molecular flexibility index (Phi) is 1.80. The highest BCUT2D eigenvalue weighted by molar-refractivity contribution is 6.29. The van der Waals surface area contributed by atoms with E-state index >= 15 is 0 Å². The second-order valence-electron chi connectivity index (χ2n) is 3.58. The number of rotatable bonds is 0. The minimum absolute atomic E-state index is 0.315. The first-order valence-electron chi connectivity index (χ1n) is 4.95. The molecule has 0 unspecified atom stereocenters. The first-order valence-corrected chi connectivity index (χ1v) is 4.95. The zero-order chi connectivity index (χ0) is 11.1. The normalized spacial score (nSPS) is 18.5. The molecule has 16 heavy (non-hydrogen) atoms. The maximum Gasteiger partial charge on any atom is 0.267 e. The Morgan fingerprint density at radius 1 is 1.12 bits per heavy atom. The third kappa shape index (κ3) is 1.08. The van der Waals surface area contributed by atoms with Crippen LogP contribution in [-0.2, 0) is 4.84 Å². The van der Waals surface area contributed by atoms with Gasteiger partial charge in [0.1, 0.15) is 6.61 Å². The van der Waals surface area contributed by atoms with Crippen LogP contribution in [0.15, 0.2) is 29.4 Å². The molecule has 0 spiro atoms. The number of benzene rings is 1. The van der Waals surface area contributed by atoms with Crippen molar-refractivity contribution in [1.82, 2.24) is 4.90 Å². The van der Waals surface area contributed by atoms with E-state index < -0.39 is 0 Å². The van der Waals surface area contributed by atoms with Crippen molar-refractivity contribution in [3.05, 3.63) is 35.4 Å². The second kappa shape index (κ2) is 3.16. The van der Waals surface area contributed by atoms with E-state index in [1.54, 1.807) is 24.3 Å². The molecule has 2 heterocycles. The molecule has 3 rings (SSSR count). The summed E-state index contributed by atoms with van der Waals surface area (Å²) in [7, 11) is 0. The fraction of sp³-hybridized carbons (Fsp3) is 0.182. The Labute approximate surface area is 91.3 Å². The van der Waals surface area contributed by atoms with Crippen molar-refractivity contribution in [3.63, 3.8) is 0 Å². The lowest BCUT2D eigenvalue weighted by Crippen LogP contribution is -2.35. The van der Waals surface area contributed by atoms with Crippen LogP contribution < -0.4 is 0 Å². The highest BCUT2D eigenvalue weighted by atomic mass is 16.6. The number of hydrogen-bond donors (Lipinski definition) is 0. The van der Waals surface area contributed by atoms with Gasteiger partial charge in [0.2, 0.25) is 0 Å². The van der Waals surface area contributed by atoms with Gasteiger partial charge in [-0.3, -0.25) is 9.59 Å². The molecular formula is C11H8N2O3. The van der Waals surface area contributed by atoms with E-state index in [0.717, 1.165) is 4.90 Å². The van der Waals surface area contributed by atoms with Gasteiger partial charge in [-0.25, -0.2) is 4.90 Å². The summed E-state index contributed by atoms with van der Waals surface area (Å²) in [5.41, 5.74) is 0.865. The van der Waals surface area contributed by atoms with E-state index in [1.807, 2.05) is 0 Å². The second-order valence-corrected chi connectivity index (χ2v) is 3.58. The number of imide groups is 1. The Bertz CT molecular complexity index is 487. The average molecular weight is 216 g/mol. The Morgan fingerprint density at radius 3 is 2.25 bits per heavy atom. The van der Waals surface area contributed by atoms with Crippen molar-refractivity contribution in [2.24, 2.45) is 5.16 Å². The maximum atomic E-state index is 12.0. The third-order valence-corrected chi connectivity index (χ3v) is 2.64. The number of amidine groups is 1. The molecular weight excluding hydrogens is 208 g/mol. The molecule has 2 aliphatic heterocycles. The summed E-state index contributed by atoms with van der Waals surface area (Å²) < 4.78 is 0. The number of oxime groups is 1. The van der Waals surface area contributed by atoms with Crippen LogP contribution in [0.3, 0.4) is 0 Å². The first-order chi connectivity index (χ1) is 7.79. The maximum absolute atomic E-state index is 12.0. The van der Waals surface area contributed by atoms with Gasteiger partial charge < -0.3 is 4.84 Å². The van der Waals surface area contributed by atoms with Crippen molar-refractivity contribution in [2.75, 3.05) is 6.61 Å². The van der Waals surface area contributed by atoms with E-state index in [4.69, 9.17) is 4.84 Å². The zero-order valence-corrected chi connectivity index (χ0v) is 8.34. The smallest absolute Gasteiger partial charge is 0.267 e. The molecule has 0 aromatic heterocycles. The van der Waals surface area contributed by atoms with Gasteiger partial charge in [0.25, 0.3) is 11.8 Å².